The van der Waals surface area contributed by atoms with Crippen LogP contribution < -0.4 is 9.47 Å². The Morgan fingerprint density at radius 1 is 1.19 bits per heavy atom. The predicted octanol–water partition coefficient (Wildman–Crippen LogP) is 3.89. The summed E-state index contributed by atoms with van der Waals surface area (Å²) < 4.78 is 21.1. The summed E-state index contributed by atoms with van der Waals surface area (Å²) in [6, 6.07) is 5.67. The van der Waals surface area contributed by atoms with Crippen LogP contribution in [0.1, 0.15) is 47.6 Å². The van der Waals surface area contributed by atoms with Crippen LogP contribution in [0.15, 0.2) is 30.7 Å². The molecule has 0 bridgehead atoms. The summed E-state index contributed by atoms with van der Waals surface area (Å²) in [4.78, 5) is 21.5. The van der Waals surface area contributed by atoms with E-state index in [2.05, 4.69) is 28.5 Å². The molecular formula is C23H29N5O4. The second kappa shape index (κ2) is 8.29. The number of aromatic nitrogens is 5. The van der Waals surface area contributed by atoms with Gasteiger partial charge >= 0.3 is 5.97 Å². The second-order valence-electron chi connectivity index (χ2n) is 9.07. The highest BCUT2D eigenvalue weighted by molar-refractivity contribution is 5.75. The van der Waals surface area contributed by atoms with Gasteiger partial charge in [-0.3, -0.25) is 0 Å². The molecule has 170 valence electrons. The Bertz CT molecular complexity index is 1130. The summed E-state index contributed by atoms with van der Waals surface area (Å²) in [6.07, 6.45) is 2.78. The average molecular weight is 440 g/mol. The highest BCUT2D eigenvalue weighted by atomic mass is 16.6. The van der Waals surface area contributed by atoms with Crippen molar-refractivity contribution in [2.45, 2.75) is 65.8 Å². The van der Waals surface area contributed by atoms with E-state index in [1.165, 1.54) is 0 Å². The molecule has 3 aromatic rings. The molecule has 0 spiro atoms. The van der Waals surface area contributed by atoms with E-state index < -0.39 is 17.7 Å². The molecule has 0 unspecified atom stereocenters. The van der Waals surface area contributed by atoms with Crippen molar-refractivity contribution in [3.8, 4) is 34.4 Å². The molecule has 0 fully saturated rings. The molecular weight excluding hydrogens is 410 g/mol. The van der Waals surface area contributed by atoms with Crippen LogP contribution >= 0.6 is 0 Å². The van der Waals surface area contributed by atoms with Crippen molar-refractivity contribution in [2.75, 3.05) is 6.61 Å². The van der Waals surface area contributed by atoms with E-state index in [1.807, 2.05) is 43.8 Å². The summed E-state index contributed by atoms with van der Waals surface area (Å²) in [6.45, 7) is 12.4. The Kier molecular flexibility index (Phi) is 5.66. The Balaban J connectivity index is 1.61. The molecule has 1 aliphatic heterocycles. The molecule has 4 rings (SSSR count). The molecule has 1 aliphatic rings. The number of ether oxygens (including phenoxy) is 3. The first-order valence-electron chi connectivity index (χ1n) is 10.8. The third kappa shape index (κ3) is 4.46. The number of hydrogen-bond donors (Lipinski definition) is 0. The lowest BCUT2D eigenvalue weighted by Gasteiger charge is -2.22. The molecule has 9 nitrogen and oxygen atoms in total. The maximum atomic E-state index is 12.3. The lowest BCUT2D eigenvalue weighted by Crippen LogP contribution is -2.33. The van der Waals surface area contributed by atoms with Crippen LogP contribution in [0.25, 0.3) is 22.9 Å². The van der Waals surface area contributed by atoms with E-state index in [0.717, 1.165) is 22.9 Å². The molecule has 0 saturated carbocycles. The Morgan fingerprint density at radius 3 is 2.69 bits per heavy atom. The van der Waals surface area contributed by atoms with Gasteiger partial charge in [-0.2, -0.15) is 5.10 Å². The molecule has 9 heteroatoms. The second-order valence-corrected chi connectivity index (χ2v) is 9.07. The summed E-state index contributed by atoms with van der Waals surface area (Å²) in [7, 11) is 0. The van der Waals surface area contributed by atoms with E-state index in [-0.39, 0.29) is 6.04 Å². The number of fused-ring (bicyclic) bond motifs is 3. The largest absolute Gasteiger partial charge is 0.491 e. The zero-order valence-corrected chi connectivity index (χ0v) is 19.3. The Morgan fingerprint density at radius 2 is 1.97 bits per heavy atom. The van der Waals surface area contributed by atoms with Gasteiger partial charge in [0, 0.05) is 18.3 Å². The molecule has 0 N–H and O–H groups in total. The number of imidazole rings is 1. The maximum Gasteiger partial charge on any atom is 0.347 e. The summed E-state index contributed by atoms with van der Waals surface area (Å²) in [5.41, 5.74) is 1.04. The third-order valence-electron chi connectivity index (χ3n) is 4.90. The quantitative estimate of drug-likeness (QED) is 0.557. The monoisotopic (exact) mass is 439 g/mol. The molecule has 2 aromatic heterocycles. The Labute approximate surface area is 187 Å². The fourth-order valence-electron chi connectivity index (χ4n) is 3.49. The summed E-state index contributed by atoms with van der Waals surface area (Å²) >= 11 is 0. The van der Waals surface area contributed by atoms with E-state index in [1.54, 1.807) is 19.3 Å². The SMILES string of the molecule is CC(C)n1ncnc1-c1cn2c(n1)-c1ccc(O[C@@H](C)C(=O)OC(C)(C)C)cc1OCC2. The van der Waals surface area contributed by atoms with Gasteiger partial charge in [-0.1, -0.05) is 0 Å². The van der Waals surface area contributed by atoms with E-state index in [9.17, 15) is 4.79 Å². The van der Waals surface area contributed by atoms with E-state index in [4.69, 9.17) is 19.2 Å². The lowest BCUT2D eigenvalue weighted by molar-refractivity contribution is -0.162. The van der Waals surface area contributed by atoms with Gasteiger partial charge in [0.05, 0.1) is 12.1 Å². The minimum Gasteiger partial charge on any atom is -0.491 e. The number of benzene rings is 1. The Hall–Kier alpha value is -3.36. The molecule has 0 amide bonds. The predicted molar refractivity (Wildman–Crippen MR) is 118 cm³/mol. The van der Waals surface area contributed by atoms with Crippen molar-refractivity contribution in [3.63, 3.8) is 0 Å². The van der Waals surface area contributed by atoms with Gasteiger partial charge in [0.15, 0.2) is 11.9 Å². The van der Waals surface area contributed by atoms with Crippen molar-refractivity contribution in [1.82, 2.24) is 24.3 Å². The highest BCUT2D eigenvalue weighted by Gasteiger charge is 2.25. The normalized spacial score (nSPS) is 14.2. The van der Waals surface area contributed by atoms with E-state index in [0.29, 0.717) is 24.7 Å². The fourth-order valence-corrected chi connectivity index (χ4v) is 3.49. The number of carbonyl (C=O) groups excluding carboxylic acids is 1. The number of rotatable bonds is 5. The van der Waals surface area contributed by atoms with Gasteiger partial charge in [0.1, 0.15) is 41.6 Å². The van der Waals surface area contributed by atoms with Crippen LogP contribution in [0, 0.1) is 0 Å². The van der Waals surface area contributed by atoms with Crippen LogP contribution in [-0.4, -0.2) is 48.6 Å². The number of esters is 1. The number of nitrogens with zero attached hydrogens (tertiary/aromatic N) is 5. The highest BCUT2D eigenvalue weighted by Crippen LogP contribution is 2.36. The molecule has 0 radical (unpaired) electrons. The van der Waals surface area contributed by atoms with Crippen molar-refractivity contribution >= 4 is 5.97 Å². The van der Waals surface area contributed by atoms with Crippen LogP contribution in [0.3, 0.4) is 0 Å². The van der Waals surface area contributed by atoms with Crippen LogP contribution in [-0.2, 0) is 16.1 Å². The molecule has 0 aliphatic carbocycles. The van der Waals surface area contributed by atoms with Crippen LogP contribution in [0.4, 0.5) is 0 Å². The van der Waals surface area contributed by atoms with Crippen molar-refractivity contribution in [1.29, 1.82) is 0 Å². The average Bonchev–Trinajstić information content (AvgIpc) is 3.31. The topological polar surface area (TPSA) is 93.3 Å². The first kappa shape index (κ1) is 21.9. The molecule has 1 aromatic carbocycles. The molecule has 32 heavy (non-hydrogen) atoms. The van der Waals surface area contributed by atoms with Gasteiger partial charge in [-0.15, -0.1) is 0 Å². The molecule has 0 saturated heterocycles. The summed E-state index contributed by atoms with van der Waals surface area (Å²) in [5.74, 6) is 2.29. The van der Waals surface area contributed by atoms with Crippen LogP contribution in [0.2, 0.25) is 0 Å². The minimum atomic E-state index is -0.742. The van der Waals surface area contributed by atoms with Gasteiger partial charge in [0.2, 0.25) is 0 Å². The van der Waals surface area contributed by atoms with Crippen LogP contribution in [0.5, 0.6) is 11.5 Å². The smallest absolute Gasteiger partial charge is 0.347 e. The third-order valence-corrected chi connectivity index (χ3v) is 4.90. The van der Waals surface area contributed by atoms with Gasteiger partial charge in [-0.25, -0.2) is 19.4 Å². The van der Waals surface area contributed by atoms with Crippen molar-refractivity contribution in [2.24, 2.45) is 0 Å². The first-order chi connectivity index (χ1) is 15.1. The van der Waals surface area contributed by atoms with E-state index >= 15 is 0 Å². The zero-order valence-electron chi connectivity index (χ0n) is 19.3. The zero-order chi connectivity index (χ0) is 23.0. The maximum absolute atomic E-state index is 12.3. The van der Waals surface area contributed by atoms with Crippen molar-refractivity contribution < 1.29 is 19.0 Å². The van der Waals surface area contributed by atoms with Gasteiger partial charge in [0.25, 0.3) is 0 Å². The molecule has 1 atom stereocenters. The summed E-state index contributed by atoms with van der Waals surface area (Å²) in [5, 5.41) is 4.31. The van der Waals surface area contributed by atoms with Crippen molar-refractivity contribution in [3.05, 3.63) is 30.7 Å². The lowest BCUT2D eigenvalue weighted by atomic mass is 10.1. The minimum absolute atomic E-state index is 0.177. The first-order valence-corrected chi connectivity index (χ1v) is 10.8. The number of hydrogen-bond acceptors (Lipinski definition) is 7. The molecule has 3 heterocycles. The standard InChI is InChI=1S/C23H29N5O4/c1-14(2)28-21(24-13-25-28)18-12-27-9-10-30-19-11-16(7-8-17(19)20(27)26-18)31-15(3)22(29)32-23(4,5)6/h7-8,11-15H,9-10H2,1-6H3/t15-/m0/s1. The van der Waals surface area contributed by atoms with Gasteiger partial charge in [-0.05, 0) is 53.7 Å². The number of carbonyl (C=O) groups is 1. The van der Waals surface area contributed by atoms with Gasteiger partial charge < -0.3 is 18.8 Å². The fraction of sp³-hybridized carbons (Fsp3) is 0.478.